The number of hydrogen-bond donors (Lipinski definition) is 2. The first-order valence-corrected chi connectivity index (χ1v) is 11.8. The molecule has 2 N–H and O–H groups in total. The molecule has 0 bridgehead atoms. The van der Waals surface area contributed by atoms with Crippen molar-refractivity contribution >= 4 is 40.6 Å². The standard InChI is InChI=1S/C22H24N4O2S2/c1-2-15-6-7-17(22(27)28)13-20(15)30-25-18-12-16(21-24-23-14-29-21)8-9-19(18)26-10-4-3-5-11-26/h6-9,12-14,25H,2-5,10-11H2,1H3,(H,27,28). The van der Waals surface area contributed by atoms with E-state index in [1.165, 1.54) is 48.2 Å². The molecular formula is C22H24N4O2S2. The van der Waals surface area contributed by atoms with Gasteiger partial charge in [0.15, 0.2) is 0 Å². The average Bonchev–Trinajstić information content (AvgIpc) is 3.33. The van der Waals surface area contributed by atoms with Gasteiger partial charge < -0.3 is 14.7 Å². The lowest BCUT2D eigenvalue weighted by Gasteiger charge is -2.31. The zero-order valence-electron chi connectivity index (χ0n) is 16.8. The van der Waals surface area contributed by atoms with Gasteiger partial charge in [0.05, 0.1) is 16.9 Å². The molecule has 0 atom stereocenters. The Balaban J connectivity index is 1.65. The van der Waals surface area contributed by atoms with Crippen LogP contribution in [-0.2, 0) is 6.42 Å². The third-order valence-electron chi connectivity index (χ3n) is 5.27. The second kappa shape index (κ2) is 9.49. The van der Waals surface area contributed by atoms with Crippen molar-refractivity contribution in [3.8, 4) is 10.6 Å². The summed E-state index contributed by atoms with van der Waals surface area (Å²) in [5.74, 6) is -0.910. The predicted molar refractivity (Wildman–Crippen MR) is 124 cm³/mol. The van der Waals surface area contributed by atoms with E-state index in [1.54, 1.807) is 17.6 Å². The zero-order chi connectivity index (χ0) is 20.9. The molecule has 1 aromatic heterocycles. The highest BCUT2D eigenvalue weighted by atomic mass is 32.2. The number of carbonyl (C=O) groups is 1. The molecule has 0 saturated carbocycles. The Morgan fingerprint density at radius 3 is 2.73 bits per heavy atom. The summed E-state index contributed by atoms with van der Waals surface area (Å²) in [4.78, 5) is 14.8. The number of benzene rings is 2. The van der Waals surface area contributed by atoms with Gasteiger partial charge in [-0.2, -0.15) is 0 Å². The first kappa shape index (κ1) is 20.7. The van der Waals surface area contributed by atoms with Crippen LogP contribution >= 0.6 is 23.3 Å². The maximum atomic E-state index is 11.4. The summed E-state index contributed by atoms with van der Waals surface area (Å²) in [6, 6.07) is 11.7. The monoisotopic (exact) mass is 440 g/mol. The van der Waals surface area contributed by atoms with Crippen molar-refractivity contribution in [1.29, 1.82) is 0 Å². The number of aryl methyl sites for hydroxylation is 1. The van der Waals surface area contributed by atoms with Gasteiger partial charge in [-0.3, -0.25) is 0 Å². The van der Waals surface area contributed by atoms with Gasteiger partial charge in [-0.15, -0.1) is 10.2 Å². The van der Waals surface area contributed by atoms with Crippen LogP contribution in [0, 0.1) is 0 Å². The van der Waals surface area contributed by atoms with Gasteiger partial charge in [-0.05, 0) is 73.5 Å². The molecule has 156 valence electrons. The van der Waals surface area contributed by atoms with Crippen LogP contribution in [0.15, 0.2) is 46.8 Å². The van der Waals surface area contributed by atoms with Gasteiger partial charge in [0.25, 0.3) is 0 Å². The lowest BCUT2D eigenvalue weighted by molar-refractivity contribution is 0.0696. The minimum atomic E-state index is -0.910. The number of anilines is 2. The fourth-order valence-corrected chi connectivity index (χ4v) is 5.11. The van der Waals surface area contributed by atoms with E-state index in [4.69, 9.17) is 0 Å². The molecule has 2 aromatic carbocycles. The second-order valence-corrected chi connectivity index (χ2v) is 8.89. The van der Waals surface area contributed by atoms with Crippen molar-refractivity contribution in [2.45, 2.75) is 37.5 Å². The van der Waals surface area contributed by atoms with Gasteiger partial charge in [0, 0.05) is 23.5 Å². The second-order valence-electron chi connectivity index (χ2n) is 7.21. The number of aromatic carboxylic acids is 1. The van der Waals surface area contributed by atoms with E-state index in [9.17, 15) is 9.90 Å². The van der Waals surface area contributed by atoms with Gasteiger partial charge in [-0.25, -0.2) is 4.79 Å². The molecule has 1 saturated heterocycles. The topological polar surface area (TPSA) is 78.3 Å². The van der Waals surface area contributed by atoms with Gasteiger partial charge >= 0.3 is 5.97 Å². The fraction of sp³-hybridized carbons (Fsp3) is 0.318. The van der Waals surface area contributed by atoms with E-state index >= 15 is 0 Å². The lowest BCUT2D eigenvalue weighted by Crippen LogP contribution is -2.29. The van der Waals surface area contributed by atoms with Gasteiger partial charge in [-0.1, -0.05) is 24.3 Å². The molecule has 6 nitrogen and oxygen atoms in total. The average molecular weight is 441 g/mol. The Morgan fingerprint density at radius 1 is 1.20 bits per heavy atom. The number of piperidine rings is 1. The molecule has 1 aliphatic heterocycles. The first-order chi connectivity index (χ1) is 14.7. The van der Waals surface area contributed by atoms with Crippen LogP contribution < -0.4 is 9.62 Å². The van der Waals surface area contributed by atoms with E-state index < -0.39 is 5.97 Å². The molecule has 0 radical (unpaired) electrons. The summed E-state index contributed by atoms with van der Waals surface area (Å²) in [7, 11) is 0. The van der Waals surface area contributed by atoms with Crippen LogP contribution in [0.3, 0.4) is 0 Å². The van der Waals surface area contributed by atoms with E-state index in [2.05, 4.69) is 44.9 Å². The summed E-state index contributed by atoms with van der Waals surface area (Å²) in [5, 5.41) is 18.4. The highest BCUT2D eigenvalue weighted by Gasteiger charge is 2.17. The van der Waals surface area contributed by atoms with E-state index in [0.29, 0.717) is 5.56 Å². The zero-order valence-corrected chi connectivity index (χ0v) is 18.4. The summed E-state index contributed by atoms with van der Waals surface area (Å²) >= 11 is 2.98. The third-order valence-corrected chi connectivity index (χ3v) is 6.93. The van der Waals surface area contributed by atoms with Crippen molar-refractivity contribution < 1.29 is 9.90 Å². The normalized spacial score (nSPS) is 14.0. The van der Waals surface area contributed by atoms with Crippen LogP contribution in [0.5, 0.6) is 0 Å². The van der Waals surface area contributed by atoms with Crippen LogP contribution in [0.25, 0.3) is 10.6 Å². The summed E-state index contributed by atoms with van der Waals surface area (Å²) in [6.45, 7) is 4.17. The predicted octanol–water partition coefficient (Wildman–Crippen LogP) is 5.58. The Bertz CT molecular complexity index is 1020. The molecule has 0 unspecified atom stereocenters. The summed E-state index contributed by atoms with van der Waals surface area (Å²) < 4.78 is 3.51. The number of carboxylic acids is 1. The van der Waals surface area contributed by atoms with Gasteiger partial charge in [0.1, 0.15) is 10.5 Å². The van der Waals surface area contributed by atoms with Gasteiger partial charge in [0.2, 0.25) is 0 Å². The van der Waals surface area contributed by atoms with E-state index in [-0.39, 0.29) is 0 Å². The molecule has 30 heavy (non-hydrogen) atoms. The molecule has 1 fully saturated rings. The SMILES string of the molecule is CCc1ccc(C(=O)O)cc1SNc1cc(-c2nncs2)ccc1N1CCCCC1. The largest absolute Gasteiger partial charge is 0.478 e. The van der Waals surface area contributed by atoms with Crippen LogP contribution in [0.2, 0.25) is 0 Å². The number of hydrogen-bond acceptors (Lipinski definition) is 7. The highest BCUT2D eigenvalue weighted by Crippen LogP contribution is 2.37. The van der Waals surface area contributed by atoms with Crippen LogP contribution in [-0.4, -0.2) is 34.4 Å². The highest BCUT2D eigenvalue weighted by molar-refractivity contribution is 8.00. The summed E-state index contributed by atoms with van der Waals surface area (Å²) in [6.07, 6.45) is 4.52. The Morgan fingerprint density at radius 2 is 2.03 bits per heavy atom. The minimum absolute atomic E-state index is 0.301. The van der Waals surface area contributed by atoms with Crippen LogP contribution in [0.1, 0.15) is 42.1 Å². The first-order valence-electron chi connectivity index (χ1n) is 10.1. The molecule has 4 rings (SSSR count). The molecule has 3 aromatic rings. The molecule has 0 aliphatic carbocycles. The number of carboxylic acid groups (broad SMARTS) is 1. The lowest BCUT2D eigenvalue weighted by atomic mass is 10.1. The Labute approximate surface area is 184 Å². The van der Waals surface area contributed by atoms with E-state index in [1.807, 2.05) is 6.07 Å². The van der Waals surface area contributed by atoms with Crippen molar-refractivity contribution in [3.63, 3.8) is 0 Å². The number of rotatable bonds is 7. The molecular weight excluding hydrogens is 416 g/mol. The molecule has 1 aliphatic rings. The quantitative estimate of drug-likeness (QED) is 0.465. The van der Waals surface area contributed by atoms with Crippen molar-refractivity contribution in [1.82, 2.24) is 10.2 Å². The van der Waals surface area contributed by atoms with E-state index in [0.717, 1.165) is 46.2 Å². The smallest absolute Gasteiger partial charge is 0.335 e. The Kier molecular flexibility index (Phi) is 6.54. The van der Waals surface area contributed by atoms with Crippen molar-refractivity contribution in [2.24, 2.45) is 0 Å². The molecule has 8 heteroatoms. The van der Waals surface area contributed by atoms with Crippen molar-refractivity contribution in [3.05, 3.63) is 53.0 Å². The minimum Gasteiger partial charge on any atom is -0.478 e. The molecule has 2 heterocycles. The van der Waals surface area contributed by atoms with Crippen LogP contribution in [0.4, 0.5) is 11.4 Å². The Hall–Kier alpha value is -2.58. The number of aromatic nitrogens is 2. The maximum Gasteiger partial charge on any atom is 0.335 e. The molecule has 0 amide bonds. The third kappa shape index (κ3) is 4.60. The fourth-order valence-electron chi connectivity index (χ4n) is 3.64. The maximum absolute atomic E-state index is 11.4. The molecule has 0 spiro atoms. The number of nitrogens with one attached hydrogen (secondary N) is 1. The summed E-state index contributed by atoms with van der Waals surface area (Å²) in [5.41, 5.74) is 6.37. The number of nitrogens with zero attached hydrogens (tertiary/aromatic N) is 3. The van der Waals surface area contributed by atoms with Crippen molar-refractivity contribution in [2.75, 3.05) is 22.7 Å².